The predicted octanol–water partition coefficient (Wildman–Crippen LogP) is 3.40. The van der Waals surface area contributed by atoms with Crippen LogP contribution in [0.3, 0.4) is 0 Å². The van der Waals surface area contributed by atoms with E-state index < -0.39 is 5.91 Å². The molecule has 0 aromatic heterocycles. The van der Waals surface area contributed by atoms with Crippen molar-refractivity contribution in [2.75, 3.05) is 5.32 Å². The van der Waals surface area contributed by atoms with Crippen molar-refractivity contribution in [2.24, 2.45) is 5.73 Å². The molecule has 22 heavy (non-hydrogen) atoms. The van der Waals surface area contributed by atoms with Crippen molar-refractivity contribution in [3.8, 4) is 0 Å². The van der Waals surface area contributed by atoms with Crippen LogP contribution in [0.25, 0.3) is 6.08 Å². The van der Waals surface area contributed by atoms with Crippen LogP contribution in [0.5, 0.6) is 0 Å². The van der Waals surface area contributed by atoms with Gasteiger partial charge in [0.1, 0.15) is 0 Å². The van der Waals surface area contributed by atoms with Crippen molar-refractivity contribution in [2.45, 2.75) is 6.92 Å². The van der Waals surface area contributed by atoms with E-state index in [-0.39, 0.29) is 11.5 Å². The van der Waals surface area contributed by atoms with Gasteiger partial charge in [0.15, 0.2) is 0 Å². The van der Waals surface area contributed by atoms with E-state index in [4.69, 9.17) is 17.3 Å². The SMILES string of the molecule is Cc1ccc(/C=C/C(=O)Nc2ccc(Cl)cc2C(N)=O)cc1. The van der Waals surface area contributed by atoms with E-state index in [2.05, 4.69) is 5.32 Å². The average molecular weight is 315 g/mol. The number of amides is 2. The third-order valence-corrected chi connectivity index (χ3v) is 3.24. The van der Waals surface area contributed by atoms with Gasteiger partial charge in [0.2, 0.25) is 5.91 Å². The first kappa shape index (κ1) is 15.8. The second-order valence-corrected chi connectivity index (χ2v) is 5.22. The van der Waals surface area contributed by atoms with Crippen molar-refractivity contribution >= 4 is 35.2 Å². The Morgan fingerprint density at radius 2 is 1.82 bits per heavy atom. The van der Waals surface area contributed by atoms with E-state index in [0.29, 0.717) is 10.7 Å². The van der Waals surface area contributed by atoms with Crippen molar-refractivity contribution in [1.82, 2.24) is 0 Å². The Hall–Kier alpha value is -2.59. The van der Waals surface area contributed by atoms with E-state index in [1.807, 2.05) is 31.2 Å². The van der Waals surface area contributed by atoms with Crippen LogP contribution in [-0.4, -0.2) is 11.8 Å². The van der Waals surface area contributed by atoms with Crippen LogP contribution in [0.4, 0.5) is 5.69 Å². The van der Waals surface area contributed by atoms with E-state index in [1.54, 1.807) is 18.2 Å². The molecule has 0 radical (unpaired) electrons. The second-order valence-electron chi connectivity index (χ2n) is 4.79. The molecule has 0 spiro atoms. The summed E-state index contributed by atoms with van der Waals surface area (Å²) in [5.74, 6) is -1.01. The van der Waals surface area contributed by atoms with Crippen LogP contribution in [-0.2, 0) is 4.79 Å². The molecule has 0 heterocycles. The smallest absolute Gasteiger partial charge is 0.250 e. The first-order valence-corrected chi connectivity index (χ1v) is 6.98. The molecule has 0 aliphatic heterocycles. The van der Waals surface area contributed by atoms with Crippen LogP contribution in [0.15, 0.2) is 48.5 Å². The molecule has 2 aromatic carbocycles. The zero-order chi connectivity index (χ0) is 16.1. The molecule has 2 aromatic rings. The van der Waals surface area contributed by atoms with Crippen LogP contribution in [0.1, 0.15) is 21.5 Å². The Morgan fingerprint density at radius 3 is 2.45 bits per heavy atom. The molecule has 5 heteroatoms. The highest BCUT2D eigenvalue weighted by Gasteiger charge is 2.10. The van der Waals surface area contributed by atoms with Crippen LogP contribution in [0, 0.1) is 6.92 Å². The monoisotopic (exact) mass is 314 g/mol. The van der Waals surface area contributed by atoms with E-state index >= 15 is 0 Å². The minimum atomic E-state index is -0.652. The molecule has 4 nitrogen and oxygen atoms in total. The summed E-state index contributed by atoms with van der Waals surface area (Å²) in [5, 5.41) is 2.99. The minimum absolute atomic E-state index is 0.171. The van der Waals surface area contributed by atoms with Gasteiger partial charge in [0.25, 0.3) is 5.91 Å². The first-order valence-electron chi connectivity index (χ1n) is 6.61. The topological polar surface area (TPSA) is 72.2 Å². The number of hydrogen-bond acceptors (Lipinski definition) is 2. The van der Waals surface area contributed by atoms with Gasteiger partial charge in [-0.2, -0.15) is 0 Å². The second kappa shape index (κ2) is 6.91. The molecule has 112 valence electrons. The highest BCUT2D eigenvalue weighted by molar-refractivity contribution is 6.31. The summed E-state index contributed by atoms with van der Waals surface area (Å²) in [7, 11) is 0. The Morgan fingerprint density at radius 1 is 1.14 bits per heavy atom. The lowest BCUT2D eigenvalue weighted by Gasteiger charge is -2.07. The molecule has 0 saturated heterocycles. The molecule has 3 N–H and O–H groups in total. The summed E-state index contributed by atoms with van der Waals surface area (Å²) in [5.41, 5.74) is 7.83. The highest BCUT2D eigenvalue weighted by Crippen LogP contribution is 2.20. The van der Waals surface area contributed by atoms with E-state index in [1.165, 1.54) is 12.1 Å². The van der Waals surface area contributed by atoms with E-state index in [0.717, 1.165) is 11.1 Å². The zero-order valence-corrected chi connectivity index (χ0v) is 12.7. The van der Waals surface area contributed by atoms with Gasteiger partial charge in [-0.15, -0.1) is 0 Å². The summed E-state index contributed by atoms with van der Waals surface area (Å²) >= 11 is 5.82. The van der Waals surface area contributed by atoms with Crippen molar-refractivity contribution in [1.29, 1.82) is 0 Å². The van der Waals surface area contributed by atoms with Crippen molar-refractivity contribution < 1.29 is 9.59 Å². The molecule has 2 rings (SSSR count). The van der Waals surface area contributed by atoms with Gasteiger partial charge in [-0.05, 0) is 36.8 Å². The number of nitrogens with two attached hydrogens (primary N) is 1. The van der Waals surface area contributed by atoms with Gasteiger partial charge in [-0.1, -0.05) is 41.4 Å². The number of aryl methyl sites for hydroxylation is 1. The Bertz CT molecular complexity index is 737. The summed E-state index contributed by atoms with van der Waals surface area (Å²) in [6.45, 7) is 1.99. The number of carbonyl (C=O) groups is 2. The Labute approximate surface area is 133 Å². The molecule has 2 amide bonds. The van der Waals surface area contributed by atoms with Crippen molar-refractivity contribution in [3.63, 3.8) is 0 Å². The fraction of sp³-hybridized carbons (Fsp3) is 0.0588. The van der Waals surface area contributed by atoms with Gasteiger partial charge in [-0.3, -0.25) is 9.59 Å². The highest BCUT2D eigenvalue weighted by atomic mass is 35.5. The largest absolute Gasteiger partial charge is 0.366 e. The van der Waals surface area contributed by atoms with Crippen LogP contribution in [0.2, 0.25) is 5.02 Å². The first-order chi connectivity index (χ1) is 10.5. The maximum absolute atomic E-state index is 11.9. The van der Waals surface area contributed by atoms with Crippen molar-refractivity contribution in [3.05, 3.63) is 70.3 Å². The maximum Gasteiger partial charge on any atom is 0.250 e. The van der Waals surface area contributed by atoms with Crippen LogP contribution >= 0.6 is 11.6 Å². The van der Waals surface area contributed by atoms with Gasteiger partial charge in [-0.25, -0.2) is 0 Å². The molecule has 0 fully saturated rings. The molecule has 0 saturated carbocycles. The molecular formula is C17H15ClN2O2. The fourth-order valence-electron chi connectivity index (χ4n) is 1.85. The Kier molecular flexibility index (Phi) is 4.96. The molecular weight excluding hydrogens is 300 g/mol. The molecule has 0 aliphatic carbocycles. The third kappa shape index (κ3) is 4.20. The van der Waals surface area contributed by atoms with Gasteiger partial charge >= 0.3 is 0 Å². The summed E-state index contributed by atoms with van der Waals surface area (Å²) < 4.78 is 0. The predicted molar refractivity (Wildman–Crippen MR) is 88.8 cm³/mol. The summed E-state index contributed by atoms with van der Waals surface area (Å²) in [6, 6.07) is 12.3. The molecule has 0 aliphatic rings. The maximum atomic E-state index is 11.9. The summed E-state index contributed by atoms with van der Waals surface area (Å²) in [6.07, 6.45) is 3.08. The fourth-order valence-corrected chi connectivity index (χ4v) is 2.03. The normalized spacial score (nSPS) is 10.6. The minimum Gasteiger partial charge on any atom is -0.366 e. The lowest BCUT2D eigenvalue weighted by atomic mass is 10.1. The average Bonchev–Trinajstić information content (AvgIpc) is 2.48. The lowest BCUT2D eigenvalue weighted by molar-refractivity contribution is -0.111. The Balaban J connectivity index is 2.12. The number of benzene rings is 2. The number of primary amides is 1. The molecule has 0 atom stereocenters. The third-order valence-electron chi connectivity index (χ3n) is 3.01. The number of halogens is 1. The summed E-state index contributed by atoms with van der Waals surface area (Å²) in [4.78, 5) is 23.3. The number of hydrogen-bond donors (Lipinski definition) is 2. The number of anilines is 1. The quantitative estimate of drug-likeness (QED) is 0.849. The lowest BCUT2D eigenvalue weighted by Crippen LogP contribution is -2.16. The van der Waals surface area contributed by atoms with Gasteiger partial charge in [0.05, 0.1) is 11.3 Å². The van der Waals surface area contributed by atoms with Gasteiger partial charge in [0, 0.05) is 11.1 Å². The zero-order valence-electron chi connectivity index (χ0n) is 12.0. The van der Waals surface area contributed by atoms with Gasteiger partial charge < -0.3 is 11.1 Å². The van der Waals surface area contributed by atoms with E-state index in [9.17, 15) is 9.59 Å². The molecule has 0 unspecified atom stereocenters. The number of nitrogens with one attached hydrogen (secondary N) is 1. The standard InChI is InChI=1S/C17H15ClN2O2/c1-11-2-4-12(5-3-11)6-9-16(21)20-15-8-7-13(18)10-14(15)17(19)22/h2-10H,1H3,(H2,19,22)(H,20,21)/b9-6+. The number of carbonyl (C=O) groups excluding carboxylic acids is 2. The molecule has 0 bridgehead atoms. The number of rotatable bonds is 4. The van der Waals surface area contributed by atoms with Crippen LogP contribution < -0.4 is 11.1 Å².